The highest BCUT2D eigenvalue weighted by atomic mass is 35.5. The molecule has 4 rings (SSSR count). The number of nitrogens with one attached hydrogen (secondary N) is 1. The van der Waals surface area contributed by atoms with Crippen molar-refractivity contribution >= 4 is 29.3 Å². The van der Waals surface area contributed by atoms with Gasteiger partial charge >= 0.3 is 0 Å². The molecule has 0 bridgehead atoms. The van der Waals surface area contributed by atoms with Gasteiger partial charge in [-0.3, -0.25) is 4.79 Å². The fourth-order valence-corrected chi connectivity index (χ4v) is 3.90. The molecule has 0 spiro atoms. The van der Waals surface area contributed by atoms with Gasteiger partial charge < -0.3 is 14.5 Å². The fourth-order valence-electron chi connectivity index (χ4n) is 3.18. The second-order valence-electron chi connectivity index (χ2n) is 7.21. The van der Waals surface area contributed by atoms with E-state index in [2.05, 4.69) is 27.6 Å². The van der Waals surface area contributed by atoms with Gasteiger partial charge in [0.1, 0.15) is 5.75 Å². The molecule has 0 unspecified atom stereocenters. The Kier molecular flexibility index (Phi) is 8.00. The van der Waals surface area contributed by atoms with Crippen LogP contribution >= 0.6 is 23.4 Å². The monoisotopic (exact) mass is 479 g/mol. The molecule has 8 heteroatoms. The molecule has 0 fully saturated rings. The quantitative estimate of drug-likeness (QED) is 0.303. The molecule has 1 heterocycles. The van der Waals surface area contributed by atoms with Crippen LogP contribution in [0.1, 0.15) is 23.1 Å². The third-order valence-corrected chi connectivity index (χ3v) is 5.84. The average molecular weight is 480 g/mol. The number of aromatic nitrogens is 2. The number of amides is 1. The number of carbonyl (C=O) groups excluding carboxylic acids is 1. The molecule has 0 aliphatic carbocycles. The lowest BCUT2D eigenvalue weighted by molar-refractivity contribution is -0.119. The van der Waals surface area contributed by atoms with Crippen LogP contribution in [0.15, 0.2) is 94.6 Å². The molecule has 0 aliphatic rings. The smallest absolute Gasteiger partial charge is 0.277 e. The van der Waals surface area contributed by atoms with E-state index in [9.17, 15) is 4.79 Å². The van der Waals surface area contributed by atoms with Gasteiger partial charge in [-0.05, 0) is 41.8 Å². The summed E-state index contributed by atoms with van der Waals surface area (Å²) in [5.41, 5.74) is 2.21. The van der Waals surface area contributed by atoms with Crippen LogP contribution in [-0.4, -0.2) is 21.9 Å². The first-order valence-corrected chi connectivity index (χ1v) is 11.7. The number of nitrogens with zero attached hydrogens (tertiary/aromatic N) is 2. The van der Waals surface area contributed by atoms with Gasteiger partial charge in [0.25, 0.3) is 11.1 Å². The summed E-state index contributed by atoms with van der Waals surface area (Å²) in [7, 11) is 0. The number of benzene rings is 3. The summed E-state index contributed by atoms with van der Waals surface area (Å²) in [6, 6.07) is 26.9. The summed E-state index contributed by atoms with van der Waals surface area (Å²) >= 11 is 7.06. The lowest BCUT2D eigenvalue weighted by Crippen LogP contribution is -2.31. The second kappa shape index (κ2) is 11.5. The van der Waals surface area contributed by atoms with E-state index < -0.39 is 0 Å². The zero-order valence-corrected chi connectivity index (χ0v) is 19.3. The van der Waals surface area contributed by atoms with E-state index in [4.69, 9.17) is 20.8 Å². The molecule has 168 valence electrons. The number of thioether (sulfide) groups is 1. The van der Waals surface area contributed by atoms with Crippen molar-refractivity contribution in [2.24, 2.45) is 0 Å². The molecule has 3 aromatic carbocycles. The molecule has 0 saturated heterocycles. The van der Waals surface area contributed by atoms with Crippen LogP contribution < -0.4 is 10.1 Å². The number of hydrogen-bond acceptors (Lipinski definition) is 6. The standard InChI is InChI=1S/C25H22ClN3O3S/c26-20-11-13-21(14-12-20)31-16-24-28-29-25(32-24)33-17-23(30)27-22(19-9-5-2-6-10-19)15-18-7-3-1-4-8-18/h1-14,22H,15-17H2,(H,27,30)/t22-/m1/s1. The van der Waals surface area contributed by atoms with E-state index >= 15 is 0 Å². The van der Waals surface area contributed by atoms with Crippen molar-refractivity contribution in [3.8, 4) is 5.75 Å². The number of hydrogen-bond donors (Lipinski definition) is 1. The van der Waals surface area contributed by atoms with Gasteiger partial charge in [0, 0.05) is 5.02 Å². The maximum atomic E-state index is 12.7. The Labute approximate surface area is 201 Å². The molecule has 1 atom stereocenters. The third kappa shape index (κ3) is 7.10. The molecule has 0 aliphatic heterocycles. The lowest BCUT2D eigenvalue weighted by Gasteiger charge is -2.19. The van der Waals surface area contributed by atoms with Gasteiger partial charge in [0.2, 0.25) is 5.91 Å². The molecule has 33 heavy (non-hydrogen) atoms. The number of ether oxygens (including phenoxy) is 1. The van der Waals surface area contributed by atoms with Crippen molar-refractivity contribution in [3.63, 3.8) is 0 Å². The predicted octanol–water partition coefficient (Wildman–Crippen LogP) is 5.49. The molecule has 1 amide bonds. The lowest BCUT2D eigenvalue weighted by atomic mass is 9.99. The van der Waals surface area contributed by atoms with E-state index in [1.165, 1.54) is 11.8 Å². The van der Waals surface area contributed by atoms with Gasteiger partial charge in [-0.25, -0.2) is 0 Å². The molecule has 0 radical (unpaired) electrons. The van der Waals surface area contributed by atoms with Crippen LogP contribution in [0, 0.1) is 0 Å². The summed E-state index contributed by atoms with van der Waals surface area (Å²) in [4.78, 5) is 12.7. The number of carbonyl (C=O) groups is 1. The highest BCUT2D eigenvalue weighted by molar-refractivity contribution is 7.99. The third-order valence-electron chi connectivity index (χ3n) is 4.77. The maximum absolute atomic E-state index is 12.7. The summed E-state index contributed by atoms with van der Waals surface area (Å²) in [6.45, 7) is 0.133. The number of halogens is 1. The Hall–Kier alpha value is -3.29. The SMILES string of the molecule is O=C(CSc1nnc(COc2ccc(Cl)cc2)o1)N[C@H](Cc1ccccc1)c1ccccc1. The van der Waals surface area contributed by atoms with E-state index in [0.717, 1.165) is 11.1 Å². The maximum Gasteiger partial charge on any atom is 0.277 e. The first-order chi connectivity index (χ1) is 16.2. The zero-order valence-electron chi connectivity index (χ0n) is 17.7. The van der Waals surface area contributed by atoms with Crippen LogP contribution in [0.5, 0.6) is 5.75 Å². The molecule has 4 aromatic rings. The van der Waals surface area contributed by atoms with Crippen LogP contribution in [0.2, 0.25) is 5.02 Å². The molecular weight excluding hydrogens is 458 g/mol. The molecular formula is C25H22ClN3O3S. The van der Waals surface area contributed by atoms with Crippen molar-refractivity contribution in [1.29, 1.82) is 0 Å². The van der Waals surface area contributed by atoms with Crippen molar-refractivity contribution in [3.05, 3.63) is 107 Å². The topological polar surface area (TPSA) is 77.2 Å². The summed E-state index contributed by atoms with van der Waals surface area (Å²) in [6.07, 6.45) is 0.702. The van der Waals surface area contributed by atoms with Crippen molar-refractivity contribution in [1.82, 2.24) is 15.5 Å². The van der Waals surface area contributed by atoms with Crippen LogP contribution in [0.3, 0.4) is 0 Å². The summed E-state index contributed by atoms with van der Waals surface area (Å²) < 4.78 is 11.2. The minimum atomic E-state index is -0.132. The highest BCUT2D eigenvalue weighted by Gasteiger charge is 2.17. The van der Waals surface area contributed by atoms with Gasteiger partial charge in [0.15, 0.2) is 6.61 Å². The number of rotatable bonds is 10. The Balaban J connectivity index is 1.30. The van der Waals surface area contributed by atoms with Gasteiger partial charge in [-0.15, -0.1) is 10.2 Å². The Morgan fingerprint density at radius 3 is 2.39 bits per heavy atom. The summed E-state index contributed by atoms with van der Waals surface area (Å²) in [5.74, 6) is 1.04. The first-order valence-electron chi connectivity index (χ1n) is 10.4. The minimum Gasteiger partial charge on any atom is -0.484 e. The fraction of sp³-hybridized carbons (Fsp3) is 0.160. The second-order valence-corrected chi connectivity index (χ2v) is 8.58. The molecule has 1 aromatic heterocycles. The molecule has 6 nitrogen and oxygen atoms in total. The van der Waals surface area contributed by atoms with E-state index in [1.54, 1.807) is 24.3 Å². The van der Waals surface area contributed by atoms with E-state index in [-0.39, 0.29) is 24.3 Å². The zero-order chi connectivity index (χ0) is 22.9. The Morgan fingerprint density at radius 1 is 0.970 bits per heavy atom. The van der Waals surface area contributed by atoms with Crippen LogP contribution in [0.4, 0.5) is 0 Å². The van der Waals surface area contributed by atoms with E-state index in [0.29, 0.717) is 28.3 Å². The Bertz CT molecular complexity index is 1150. The van der Waals surface area contributed by atoms with Crippen LogP contribution in [-0.2, 0) is 17.8 Å². The molecule has 0 saturated carbocycles. The van der Waals surface area contributed by atoms with Crippen molar-refractivity contribution < 1.29 is 13.9 Å². The summed E-state index contributed by atoms with van der Waals surface area (Å²) in [5, 5.41) is 12.0. The highest BCUT2D eigenvalue weighted by Crippen LogP contribution is 2.21. The van der Waals surface area contributed by atoms with Gasteiger partial charge in [0.05, 0.1) is 11.8 Å². The van der Waals surface area contributed by atoms with E-state index in [1.807, 2.05) is 48.5 Å². The van der Waals surface area contributed by atoms with Crippen molar-refractivity contribution in [2.45, 2.75) is 24.3 Å². The molecule has 1 N–H and O–H groups in total. The first kappa shape index (κ1) is 22.9. The van der Waals surface area contributed by atoms with Crippen molar-refractivity contribution in [2.75, 3.05) is 5.75 Å². The normalized spacial score (nSPS) is 11.7. The average Bonchev–Trinajstić information content (AvgIpc) is 3.31. The predicted molar refractivity (Wildman–Crippen MR) is 128 cm³/mol. The van der Waals surface area contributed by atoms with Gasteiger partial charge in [-0.2, -0.15) is 0 Å². The Morgan fingerprint density at radius 2 is 1.67 bits per heavy atom. The van der Waals surface area contributed by atoms with Gasteiger partial charge in [-0.1, -0.05) is 84.0 Å². The largest absolute Gasteiger partial charge is 0.484 e. The minimum absolute atomic E-state index is 0.109. The van der Waals surface area contributed by atoms with Crippen LogP contribution in [0.25, 0.3) is 0 Å².